The van der Waals surface area contributed by atoms with Gasteiger partial charge in [-0.25, -0.2) is 9.97 Å². The molecule has 0 bridgehead atoms. The number of para-hydroxylation sites is 1. The van der Waals surface area contributed by atoms with Crippen molar-refractivity contribution in [1.82, 2.24) is 9.97 Å². The summed E-state index contributed by atoms with van der Waals surface area (Å²) >= 11 is 0. The van der Waals surface area contributed by atoms with Crippen molar-refractivity contribution in [1.29, 1.82) is 0 Å². The molecule has 0 aliphatic carbocycles. The van der Waals surface area contributed by atoms with Crippen molar-refractivity contribution in [3.63, 3.8) is 0 Å². The van der Waals surface area contributed by atoms with Gasteiger partial charge in [-0.2, -0.15) is 0 Å². The molecule has 1 N–H and O–H groups in total. The normalized spacial score (nSPS) is 10.4. The Morgan fingerprint density at radius 1 is 0.840 bits per heavy atom. The molecular formula is C22H17N3. The van der Waals surface area contributed by atoms with E-state index in [9.17, 15) is 0 Å². The van der Waals surface area contributed by atoms with Gasteiger partial charge in [0.05, 0.1) is 5.52 Å². The van der Waals surface area contributed by atoms with Crippen LogP contribution in [-0.2, 0) is 0 Å². The lowest BCUT2D eigenvalue weighted by molar-refractivity contribution is 1.07. The number of nitrogens with one attached hydrogen (secondary N) is 1. The molecule has 0 aliphatic rings. The third kappa shape index (κ3) is 3.44. The zero-order chi connectivity index (χ0) is 16.9. The third-order valence-corrected chi connectivity index (χ3v) is 4.07. The minimum Gasteiger partial charge on any atom is -0.368 e. The SMILES string of the molecule is C(#Cc1ccc2ccccc2c1)CCNc1ncnc2ccccc12. The molecule has 0 saturated carbocycles. The Labute approximate surface area is 146 Å². The Bertz CT molecular complexity index is 1080. The van der Waals surface area contributed by atoms with Gasteiger partial charge < -0.3 is 5.32 Å². The molecule has 0 fully saturated rings. The molecule has 0 atom stereocenters. The van der Waals surface area contributed by atoms with E-state index in [0.29, 0.717) is 0 Å². The van der Waals surface area contributed by atoms with Gasteiger partial charge in [-0.05, 0) is 35.0 Å². The Hall–Kier alpha value is -3.38. The van der Waals surface area contributed by atoms with E-state index in [0.717, 1.165) is 35.2 Å². The van der Waals surface area contributed by atoms with Crippen molar-refractivity contribution in [3.8, 4) is 11.8 Å². The van der Waals surface area contributed by atoms with Crippen LogP contribution in [-0.4, -0.2) is 16.5 Å². The minimum absolute atomic E-state index is 0.752. The standard InChI is InChI=1S/C22H17N3/c1-2-9-19-15-17(12-13-18(19)8-1)7-5-6-14-23-22-20-10-3-4-11-21(20)24-16-25-22/h1-4,8-13,15-16H,6,14H2,(H,23,24,25). The molecule has 3 nitrogen and oxygen atoms in total. The highest BCUT2D eigenvalue weighted by Gasteiger charge is 2.00. The summed E-state index contributed by atoms with van der Waals surface area (Å²) in [7, 11) is 0. The first kappa shape index (κ1) is 15.2. The van der Waals surface area contributed by atoms with Crippen molar-refractivity contribution in [2.75, 3.05) is 11.9 Å². The highest BCUT2D eigenvalue weighted by Crippen LogP contribution is 2.18. The van der Waals surface area contributed by atoms with Gasteiger partial charge in [-0.1, -0.05) is 54.3 Å². The Morgan fingerprint density at radius 3 is 2.64 bits per heavy atom. The van der Waals surface area contributed by atoms with E-state index in [4.69, 9.17) is 0 Å². The Balaban J connectivity index is 1.41. The zero-order valence-electron chi connectivity index (χ0n) is 13.7. The van der Waals surface area contributed by atoms with Crippen molar-refractivity contribution in [3.05, 3.63) is 78.6 Å². The first-order valence-corrected chi connectivity index (χ1v) is 8.31. The second-order valence-electron chi connectivity index (χ2n) is 5.78. The van der Waals surface area contributed by atoms with E-state index in [2.05, 4.69) is 69.6 Å². The molecule has 25 heavy (non-hydrogen) atoms. The van der Waals surface area contributed by atoms with Gasteiger partial charge in [-0.3, -0.25) is 0 Å². The van der Waals surface area contributed by atoms with Crippen molar-refractivity contribution < 1.29 is 0 Å². The van der Waals surface area contributed by atoms with Crippen LogP contribution in [0, 0.1) is 11.8 Å². The second-order valence-corrected chi connectivity index (χ2v) is 5.78. The Morgan fingerprint density at radius 2 is 1.68 bits per heavy atom. The van der Waals surface area contributed by atoms with Gasteiger partial charge in [-0.15, -0.1) is 0 Å². The molecule has 3 aromatic carbocycles. The lowest BCUT2D eigenvalue weighted by Gasteiger charge is -2.06. The topological polar surface area (TPSA) is 37.8 Å². The molecular weight excluding hydrogens is 306 g/mol. The summed E-state index contributed by atoms with van der Waals surface area (Å²) in [6.07, 6.45) is 2.34. The second kappa shape index (κ2) is 7.02. The Kier molecular flexibility index (Phi) is 4.26. The van der Waals surface area contributed by atoms with Crippen LogP contribution in [0.15, 0.2) is 73.1 Å². The van der Waals surface area contributed by atoms with Crippen LogP contribution in [0.25, 0.3) is 21.7 Å². The summed E-state index contributed by atoms with van der Waals surface area (Å²) < 4.78 is 0. The molecule has 1 aromatic heterocycles. The van der Waals surface area contributed by atoms with Crippen LogP contribution in [0.2, 0.25) is 0 Å². The van der Waals surface area contributed by atoms with Crippen LogP contribution in [0.1, 0.15) is 12.0 Å². The largest absolute Gasteiger partial charge is 0.368 e. The van der Waals surface area contributed by atoms with E-state index in [1.165, 1.54) is 10.8 Å². The number of hydrogen-bond acceptors (Lipinski definition) is 3. The number of benzene rings is 3. The van der Waals surface area contributed by atoms with Gasteiger partial charge in [0.1, 0.15) is 12.1 Å². The molecule has 0 aliphatic heterocycles. The lowest BCUT2D eigenvalue weighted by atomic mass is 10.1. The maximum absolute atomic E-state index is 4.33. The number of nitrogens with zero attached hydrogens (tertiary/aromatic N) is 2. The maximum Gasteiger partial charge on any atom is 0.137 e. The number of aromatic nitrogens is 2. The number of hydrogen-bond donors (Lipinski definition) is 1. The fourth-order valence-corrected chi connectivity index (χ4v) is 2.82. The monoisotopic (exact) mass is 323 g/mol. The average Bonchev–Trinajstić information content (AvgIpc) is 2.68. The summed E-state index contributed by atoms with van der Waals surface area (Å²) in [5.74, 6) is 7.33. The molecule has 120 valence electrons. The molecule has 0 amide bonds. The van der Waals surface area contributed by atoms with E-state index in [1.54, 1.807) is 6.33 Å². The predicted octanol–water partition coefficient (Wildman–Crippen LogP) is 4.64. The summed E-state index contributed by atoms with van der Waals surface area (Å²) in [4.78, 5) is 8.60. The number of fused-ring (bicyclic) bond motifs is 2. The van der Waals surface area contributed by atoms with E-state index >= 15 is 0 Å². The average molecular weight is 323 g/mol. The van der Waals surface area contributed by atoms with Crippen LogP contribution in [0.3, 0.4) is 0 Å². The molecule has 4 aromatic rings. The molecule has 0 radical (unpaired) electrons. The molecule has 4 rings (SSSR count). The van der Waals surface area contributed by atoms with E-state index < -0.39 is 0 Å². The smallest absolute Gasteiger partial charge is 0.137 e. The summed E-state index contributed by atoms with van der Waals surface area (Å²) in [6, 6.07) is 22.6. The number of anilines is 1. The summed E-state index contributed by atoms with van der Waals surface area (Å²) in [6.45, 7) is 0.752. The predicted molar refractivity (Wildman–Crippen MR) is 103 cm³/mol. The van der Waals surface area contributed by atoms with Gasteiger partial charge >= 0.3 is 0 Å². The summed E-state index contributed by atoms with van der Waals surface area (Å²) in [5.41, 5.74) is 1.99. The minimum atomic E-state index is 0.752. The highest BCUT2D eigenvalue weighted by molar-refractivity contribution is 5.88. The molecule has 0 spiro atoms. The van der Waals surface area contributed by atoms with Crippen molar-refractivity contribution >= 4 is 27.5 Å². The quantitative estimate of drug-likeness (QED) is 0.441. The molecule has 3 heteroatoms. The van der Waals surface area contributed by atoms with Crippen LogP contribution >= 0.6 is 0 Å². The third-order valence-electron chi connectivity index (χ3n) is 4.07. The highest BCUT2D eigenvalue weighted by atomic mass is 15.0. The van der Waals surface area contributed by atoms with Gasteiger partial charge in [0.2, 0.25) is 0 Å². The molecule has 0 saturated heterocycles. The lowest BCUT2D eigenvalue weighted by Crippen LogP contribution is -2.03. The number of rotatable bonds is 3. The van der Waals surface area contributed by atoms with E-state index in [-0.39, 0.29) is 0 Å². The van der Waals surface area contributed by atoms with Crippen LogP contribution < -0.4 is 5.32 Å². The van der Waals surface area contributed by atoms with Gasteiger partial charge in [0.15, 0.2) is 0 Å². The van der Waals surface area contributed by atoms with E-state index in [1.807, 2.05) is 24.3 Å². The summed E-state index contributed by atoms with van der Waals surface area (Å²) in [5, 5.41) is 6.85. The van der Waals surface area contributed by atoms with Gasteiger partial charge in [0.25, 0.3) is 0 Å². The van der Waals surface area contributed by atoms with Crippen molar-refractivity contribution in [2.45, 2.75) is 6.42 Å². The molecule has 0 unspecified atom stereocenters. The fourth-order valence-electron chi connectivity index (χ4n) is 2.82. The zero-order valence-corrected chi connectivity index (χ0v) is 13.7. The molecule has 1 heterocycles. The van der Waals surface area contributed by atoms with Crippen LogP contribution in [0.4, 0.5) is 5.82 Å². The first-order chi connectivity index (χ1) is 12.4. The van der Waals surface area contributed by atoms with Crippen LogP contribution in [0.5, 0.6) is 0 Å². The maximum atomic E-state index is 4.33. The first-order valence-electron chi connectivity index (χ1n) is 8.31. The van der Waals surface area contributed by atoms with Gasteiger partial charge in [0, 0.05) is 23.9 Å². The fraction of sp³-hybridized carbons (Fsp3) is 0.0909. The van der Waals surface area contributed by atoms with Crippen molar-refractivity contribution in [2.24, 2.45) is 0 Å².